The minimum atomic E-state index is -0.470. The van der Waals surface area contributed by atoms with Crippen molar-refractivity contribution in [3.8, 4) is 11.3 Å². The average Bonchev–Trinajstić information content (AvgIpc) is 3.22. The number of hydrogen-bond acceptors (Lipinski definition) is 5. The van der Waals surface area contributed by atoms with E-state index < -0.39 is 11.9 Å². The van der Waals surface area contributed by atoms with Gasteiger partial charge in [-0.2, -0.15) is 5.10 Å². The van der Waals surface area contributed by atoms with E-state index in [2.05, 4.69) is 10.4 Å². The van der Waals surface area contributed by atoms with Crippen LogP contribution in [-0.2, 0) is 16.1 Å². The minimum Gasteiger partial charge on any atom is -0.462 e. The molecule has 0 spiro atoms. The van der Waals surface area contributed by atoms with E-state index in [1.54, 1.807) is 49.5 Å². The number of amides is 1. The normalized spacial score (nSPS) is 10.8. The summed E-state index contributed by atoms with van der Waals surface area (Å²) in [5, 5.41) is 7.73. The van der Waals surface area contributed by atoms with Gasteiger partial charge in [0.2, 0.25) is 5.91 Å². The van der Waals surface area contributed by atoms with Crippen LogP contribution in [0, 0.1) is 0 Å². The maximum atomic E-state index is 12.9. The Kier molecular flexibility index (Phi) is 6.04. The quantitative estimate of drug-likeness (QED) is 0.452. The topological polar surface area (TPSA) is 94.7 Å². The number of rotatable bonds is 6. The Bertz CT molecular complexity index is 1360. The van der Waals surface area contributed by atoms with Crippen molar-refractivity contribution >= 4 is 34.7 Å². The van der Waals surface area contributed by atoms with Crippen LogP contribution in [0.3, 0.4) is 0 Å². The number of nitrogens with zero attached hydrogens (tertiary/aromatic N) is 3. The molecule has 0 fully saturated rings. The van der Waals surface area contributed by atoms with Gasteiger partial charge < -0.3 is 14.6 Å². The second-order valence-electron chi connectivity index (χ2n) is 6.95. The fourth-order valence-electron chi connectivity index (χ4n) is 3.21. The second kappa shape index (κ2) is 9.07. The van der Waals surface area contributed by atoms with Crippen LogP contribution >= 0.6 is 11.6 Å². The minimum absolute atomic E-state index is 0.194. The van der Waals surface area contributed by atoms with Crippen molar-refractivity contribution in [2.24, 2.45) is 0 Å². The Morgan fingerprint density at radius 2 is 1.88 bits per heavy atom. The summed E-state index contributed by atoms with van der Waals surface area (Å²) in [4.78, 5) is 37.3. The van der Waals surface area contributed by atoms with Crippen LogP contribution in [-0.4, -0.2) is 32.7 Å². The molecule has 1 N–H and O–H groups in total. The predicted molar refractivity (Wildman–Crippen MR) is 121 cm³/mol. The third-order valence-electron chi connectivity index (χ3n) is 4.71. The highest BCUT2D eigenvalue weighted by atomic mass is 35.5. The van der Waals surface area contributed by atoms with Gasteiger partial charge in [0.25, 0.3) is 5.56 Å². The highest BCUT2D eigenvalue weighted by Gasteiger charge is 2.13. The Morgan fingerprint density at radius 3 is 2.62 bits per heavy atom. The Balaban J connectivity index is 1.53. The zero-order chi connectivity index (χ0) is 22.7. The Labute approximate surface area is 188 Å². The zero-order valence-corrected chi connectivity index (χ0v) is 17.9. The van der Waals surface area contributed by atoms with Crippen LogP contribution in [0.2, 0.25) is 5.02 Å². The number of fused-ring (bicyclic) bond motifs is 1. The summed E-state index contributed by atoms with van der Waals surface area (Å²) in [6.45, 7) is 1.78. The van der Waals surface area contributed by atoms with Crippen LogP contribution in [0.1, 0.15) is 17.3 Å². The van der Waals surface area contributed by atoms with Crippen molar-refractivity contribution in [2.45, 2.75) is 13.5 Å². The van der Waals surface area contributed by atoms with Crippen molar-refractivity contribution in [3.05, 3.63) is 87.9 Å². The average molecular weight is 451 g/mol. The smallest absolute Gasteiger partial charge is 0.338 e. The number of carbonyl (C=O) groups is 2. The Hall–Kier alpha value is -3.91. The van der Waals surface area contributed by atoms with E-state index in [-0.39, 0.29) is 18.7 Å². The van der Waals surface area contributed by atoms with Gasteiger partial charge in [0, 0.05) is 28.7 Å². The highest BCUT2D eigenvalue weighted by Crippen LogP contribution is 2.20. The molecule has 2 aromatic carbocycles. The van der Waals surface area contributed by atoms with Crippen molar-refractivity contribution in [1.29, 1.82) is 0 Å². The molecule has 1 amide bonds. The van der Waals surface area contributed by atoms with E-state index >= 15 is 0 Å². The molecule has 0 aliphatic rings. The van der Waals surface area contributed by atoms with Gasteiger partial charge in [-0.25, -0.2) is 9.31 Å². The van der Waals surface area contributed by atoms with Crippen LogP contribution in [0.25, 0.3) is 16.8 Å². The molecule has 0 aliphatic carbocycles. The molecule has 2 aromatic heterocycles. The summed E-state index contributed by atoms with van der Waals surface area (Å²) in [5.41, 5.74) is 2.20. The van der Waals surface area contributed by atoms with E-state index in [1.165, 1.54) is 21.3 Å². The first-order valence-electron chi connectivity index (χ1n) is 9.86. The fraction of sp³-hybridized carbons (Fsp3) is 0.130. The van der Waals surface area contributed by atoms with Gasteiger partial charge in [-0.15, -0.1) is 0 Å². The zero-order valence-electron chi connectivity index (χ0n) is 17.1. The van der Waals surface area contributed by atoms with Gasteiger partial charge in [-0.1, -0.05) is 29.8 Å². The molecule has 0 unspecified atom stereocenters. The largest absolute Gasteiger partial charge is 0.462 e. The SMILES string of the molecule is CCOC(=O)c1cccc(NC(=O)Cn2ccn3nc(-c4ccc(Cl)cc4)cc3c2=O)c1. The summed E-state index contributed by atoms with van der Waals surface area (Å²) in [5.74, 6) is -0.877. The number of esters is 1. The van der Waals surface area contributed by atoms with Crippen LogP contribution in [0.5, 0.6) is 0 Å². The maximum absolute atomic E-state index is 12.9. The number of benzene rings is 2. The van der Waals surface area contributed by atoms with E-state index in [4.69, 9.17) is 16.3 Å². The van der Waals surface area contributed by atoms with E-state index in [0.29, 0.717) is 27.5 Å². The molecule has 32 heavy (non-hydrogen) atoms. The summed E-state index contributed by atoms with van der Waals surface area (Å²) in [7, 11) is 0. The van der Waals surface area contributed by atoms with Crippen LogP contribution in [0.15, 0.2) is 71.8 Å². The standard InChI is InChI=1S/C23H19ClN4O4/c1-2-32-23(31)16-4-3-5-18(12-16)25-21(29)14-27-10-11-28-20(22(27)30)13-19(26-28)15-6-8-17(24)9-7-15/h3-13H,2,14H2,1H3,(H,25,29). The lowest BCUT2D eigenvalue weighted by Crippen LogP contribution is -2.28. The van der Waals surface area contributed by atoms with E-state index in [0.717, 1.165) is 5.56 Å². The maximum Gasteiger partial charge on any atom is 0.338 e. The molecule has 162 valence electrons. The molecule has 9 heteroatoms. The third-order valence-corrected chi connectivity index (χ3v) is 4.97. The van der Waals surface area contributed by atoms with Crippen LogP contribution < -0.4 is 10.9 Å². The molecule has 0 atom stereocenters. The number of nitrogens with one attached hydrogen (secondary N) is 1. The van der Waals surface area contributed by atoms with Gasteiger partial charge in [-0.05, 0) is 43.3 Å². The molecular weight excluding hydrogens is 432 g/mol. The van der Waals surface area contributed by atoms with Gasteiger partial charge in [0.1, 0.15) is 12.1 Å². The summed E-state index contributed by atoms with van der Waals surface area (Å²) < 4.78 is 7.74. The van der Waals surface area contributed by atoms with Gasteiger partial charge in [0.05, 0.1) is 17.9 Å². The molecule has 0 saturated carbocycles. The molecule has 0 aliphatic heterocycles. The number of halogens is 1. The summed E-state index contributed by atoms with van der Waals surface area (Å²) >= 11 is 5.93. The predicted octanol–water partition coefficient (Wildman–Crippen LogP) is 3.63. The molecule has 4 rings (SSSR count). The van der Waals surface area contributed by atoms with E-state index in [1.807, 2.05) is 12.1 Å². The molecule has 4 aromatic rings. The number of ether oxygens (including phenoxy) is 1. The van der Waals surface area contributed by atoms with Crippen molar-refractivity contribution < 1.29 is 14.3 Å². The first-order valence-corrected chi connectivity index (χ1v) is 10.2. The lowest BCUT2D eigenvalue weighted by Gasteiger charge is -2.09. The molecule has 2 heterocycles. The molecular formula is C23H19ClN4O4. The molecule has 0 radical (unpaired) electrons. The van der Waals surface area contributed by atoms with Crippen LogP contribution in [0.4, 0.5) is 5.69 Å². The first-order chi connectivity index (χ1) is 15.4. The van der Waals surface area contributed by atoms with E-state index in [9.17, 15) is 14.4 Å². The fourth-order valence-corrected chi connectivity index (χ4v) is 3.33. The number of aromatic nitrogens is 3. The lowest BCUT2D eigenvalue weighted by molar-refractivity contribution is -0.116. The number of anilines is 1. The molecule has 0 bridgehead atoms. The Morgan fingerprint density at radius 1 is 1.09 bits per heavy atom. The van der Waals surface area contributed by atoms with Gasteiger partial charge in [-0.3, -0.25) is 9.59 Å². The lowest BCUT2D eigenvalue weighted by atomic mass is 10.1. The van der Waals surface area contributed by atoms with Crippen molar-refractivity contribution in [3.63, 3.8) is 0 Å². The molecule has 0 saturated heterocycles. The number of hydrogen-bond donors (Lipinski definition) is 1. The second-order valence-corrected chi connectivity index (χ2v) is 7.38. The third kappa shape index (κ3) is 4.55. The van der Waals surface area contributed by atoms with Crippen molar-refractivity contribution in [2.75, 3.05) is 11.9 Å². The monoisotopic (exact) mass is 450 g/mol. The molecule has 8 nitrogen and oxygen atoms in total. The highest BCUT2D eigenvalue weighted by molar-refractivity contribution is 6.30. The summed E-state index contributed by atoms with van der Waals surface area (Å²) in [6, 6.07) is 15.2. The van der Waals surface area contributed by atoms with Gasteiger partial charge in [0.15, 0.2) is 0 Å². The van der Waals surface area contributed by atoms with Crippen molar-refractivity contribution in [1.82, 2.24) is 14.2 Å². The first kappa shape index (κ1) is 21.3. The number of carbonyl (C=O) groups excluding carboxylic acids is 2. The van der Waals surface area contributed by atoms with Gasteiger partial charge >= 0.3 is 5.97 Å². The summed E-state index contributed by atoms with van der Waals surface area (Å²) in [6.07, 6.45) is 3.12.